The molecule has 1 aromatic carbocycles. The van der Waals surface area contributed by atoms with E-state index in [1.807, 2.05) is 23.0 Å². The first-order valence-corrected chi connectivity index (χ1v) is 6.98. The highest BCUT2D eigenvalue weighted by molar-refractivity contribution is 6.00. The summed E-state index contributed by atoms with van der Waals surface area (Å²) < 4.78 is 2.05. The van der Waals surface area contributed by atoms with Gasteiger partial charge >= 0.3 is 0 Å². The Labute approximate surface area is 112 Å². The third-order valence-corrected chi connectivity index (χ3v) is 4.14. The fraction of sp³-hybridized carbons (Fsp3) is 0.375. The van der Waals surface area contributed by atoms with E-state index in [1.165, 1.54) is 24.0 Å². The summed E-state index contributed by atoms with van der Waals surface area (Å²) in [6.45, 7) is 1.05. The van der Waals surface area contributed by atoms with Crippen LogP contribution in [0.3, 0.4) is 0 Å². The SMILES string of the molecule is O=C1CCc2cc(-c3cnn(CC4CC4)c3)ccc21. The smallest absolute Gasteiger partial charge is 0.163 e. The van der Waals surface area contributed by atoms with E-state index in [2.05, 4.69) is 17.4 Å². The van der Waals surface area contributed by atoms with E-state index >= 15 is 0 Å². The van der Waals surface area contributed by atoms with Crippen molar-refractivity contribution in [3.8, 4) is 11.1 Å². The van der Waals surface area contributed by atoms with Crippen LogP contribution in [0.2, 0.25) is 0 Å². The highest BCUT2D eigenvalue weighted by Crippen LogP contribution is 2.31. The van der Waals surface area contributed by atoms with E-state index in [0.29, 0.717) is 6.42 Å². The Bertz CT molecular complexity index is 653. The van der Waals surface area contributed by atoms with Crippen molar-refractivity contribution in [1.82, 2.24) is 9.78 Å². The van der Waals surface area contributed by atoms with Crippen LogP contribution in [-0.4, -0.2) is 15.6 Å². The summed E-state index contributed by atoms with van der Waals surface area (Å²) in [5, 5.41) is 4.43. The molecule has 4 rings (SSSR count). The van der Waals surface area contributed by atoms with Crippen molar-refractivity contribution >= 4 is 5.78 Å². The predicted octanol–water partition coefficient (Wildman–Crippen LogP) is 3.09. The van der Waals surface area contributed by atoms with E-state index in [0.717, 1.165) is 30.0 Å². The molecule has 19 heavy (non-hydrogen) atoms. The van der Waals surface area contributed by atoms with Gasteiger partial charge in [-0.15, -0.1) is 0 Å². The zero-order valence-electron chi connectivity index (χ0n) is 10.8. The average Bonchev–Trinajstić information content (AvgIpc) is 2.97. The summed E-state index contributed by atoms with van der Waals surface area (Å²) in [6.07, 6.45) is 8.29. The normalized spacial score (nSPS) is 17.8. The number of aryl methyl sites for hydroxylation is 1. The zero-order valence-corrected chi connectivity index (χ0v) is 10.8. The molecule has 0 bridgehead atoms. The molecular formula is C16H16N2O. The molecule has 1 heterocycles. The first kappa shape index (κ1) is 11.0. The number of ketones is 1. The molecule has 0 saturated heterocycles. The van der Waals surface area contributed by atoms with Crippen LogP contribution in [0.5, 0.6) is 0 Å². The maximum Gasteiger partial charge on any atom is 0.163 e. The fourth-order valence-corrected chi connectivity index (χ4v) is 2.81. The third kappa shape index (κ3) is 1.99. The van der Waals surface area contributed by atoms with Crippen molar-refractivity contribution in [3.63, 3.8) is 0 Å². The lowest BCUT2D eigenvalue weighted by Crippen LogP contribution is -1.99. The van der Waals surface area contributed by atoms with Crippen LogP contribution in [-0.2, 0) is 13.0 Å². The van der Waals surface area contributed by atoms with E-state index in [9.17, 15) is 4.79 Å². The van der Waals surface area contributed by atoms with Crippen molar-refractivity contribution < 1.29 is 4.79 Å². The Balaban J connectivity index is 1.64. The van der Waals surface area contributed by atoms with Gasteiger partial charge in [-0.2, -0.15) is 5.10 Å². The summed E-state index contributed by atoms with van der Waals surface area (Å²) in [7, 11) is 0. The number of Topliss-reactive ketones (excluding diaryl/α,β-unsaturated/α-hetero) is 1. The Hall–Kier alpha value is -1.90. The van der Waals surface area contributed by atoms with Crippen LogP contribution in [0.25, 0.3) is 11.1 Å². The lowest BCUT2D eigenvalue weighted by atomic mass is 10.0. The Morgan fingerprint density at radius 2 is 2.11 bits per heavy atom. The average molecular weight is 252 g/mol. The molecule has 0 amide bonds. The number of carbonyl (C=O) groups is 1. The van der Waals surface area contributed by atoms with Crippen molar-refractivity contribution in [2.75, 3.05) is 0 Å². The van der Waals surface area contributed by atoms with E-state index in [1.54, 1.807) is 0 Å². The number of aromatic nitrogens is 2. The van der Waals surface area contributed by atoms with Gasteiger partial charge in [0, 0.05) is 30.3 Å². The minimum atomic E-state index is 0.283. The molecular weight excluding hydrogens is 236 g/mol. The molecule has 1 saturated carbocycles. The molecule has 3 heteroatoms. The summed E-state index contributed by atoms with van der Waals surface area (Å²) in [5.41, 5.74) is 4.44. The Morgan fingerprint density at radius 1 is 1.21 bits per heavy atom. The molecule has 0 N–H and O–H groups in total. The molecule has 96 valence electrons. The third-order valence-electron chi connectivity index (χ3n) is 4.14. The van der Waals surface area contributed by atoms with Crippen LogP contribution in [0.4, 0.5) is 0 Å². The van der Waals surface area contributed by atoms with Gasteiger partial charge in [0.1, 0.15) is 0 Å². The van der Waals surface area contributed by atoms with Gasteiger partial charge in [0.25, 0.3) is 0 Å². The van der Waals surface area contributed by atoms with Crippen LogP contribution in [0.15, 0.2) is 30.6 Å². The number of rotatable bonds is 3. The highest BCUT2D eigenvalue weighted by atomic mass is 16.1. The molecule has 0 atom stereocenters. The molecule has 2 aromatic rings. The summed E-state index contributed by atoms with van der Waals surface area (Å²) in [4.78, 5) is 11.6. The van der Waals surface area contributed by atoms with E-state index < -0.39 is 0 Å². The molecule has 0 spiro atoms. The van der Waals surface area contributed by atoms with Crippen LogP contribution in [0, 0.1) is 5.92 Å². The number of hydrogen-bond acceptors (Lipinski definition) is 2. The van der Waals surface area contributed by atoms with Gasteiger partial charge < -0.3 is 0 Å². The van der Waals surface area contributed by atoms with Gasteiger partial charge in [-0.05, 0) is 36.3 Å². The molecule has 2 aliphatic carbocycles. The fourth-order valence-electron chi connectivity index (χ4n) is 2.81. The van der Waals surface area contributed by atoms with Crippen LogP contribution >= 0.6 is 0 Å². The standard InChI is InChI=1S/C16H16N2O/c19-16-6-4-13-7-12(3-5-15(13)16)14-8-17-18(10-14)9-11-1-2-11/h3,5,7-8,10-11H,1-2,4,6,9H2. The summed E-state index contributed by atoms with van der Waals surface area (Å²) >= 11 is 0. The second kappa shape index (κ2) is 4.05. The van der Waals surface area contributed by atoms with Gasteiger partial charge in [-0.3, -0.25) is 9.48 Å². The second-order valence-electron chi connectivity index (χ2n) is 5.69. The number of benzene rings is 1. The minimum Gasteiger partial charge on any atom is -0.294 e. The van der Waals surface area contributed by atoms with Crippen molar-refractivity contribution in [1.29, 1.82) is 0 Å². The van der Waals surface area contributed by atoms with Crippen molar-refractivity contribution in [2.24, 2.45) is 5.92 Å². The van der Waals surface area contributed by atoms with Gasteiger partial charge in [-0.25, -0.2) is 0 Å². The number of hydrogen-bond donors (Lipinski definition) is 0. The molecule has 1 fully saturated rings. The predicted molar refractivity (Wildman–Crippen MR) is 73.0 cm³/mol. The van der Waals surface area contributed by atoms with Gasteiger partial charge in [0.15, 0.2) is 5.78 Å². The topological polar surface area (TPSA) is 34.9 Å². The maximum absolute atomic E-state index is 11.6. The maximum atomic E-state index is 11.6. The lowest BCUT2D eigenvalue weighted by Gasteiger charge is -2.02. The van der Waals surface area contributed by atoms with Crippen molar-refractivity contribution in [3.05, 3.63) is 41.7 Å². The molecule has 1 aromatic heterocycles. The number of carbonyl (C=O) groups excluding carboxylic acids is 1. The highest BCUT2D eigenvalue weighted by Gasteiger charge is 2.22. The first-order chi connectivity index (χ1) is 9.29. The van der Waals surface area contributed by atoms with Gasteiger partial charge in [-0.1, -0.05) is 18.2 Å². The summed E-state index contributed by atoms with van der Waals surface area (Å²) in [6, 6.07) is 6.16. The second-order valence-corrected chi connectivity index (χ2v) is 5.69. The lowest BCUT2D eigenvalue weighted by molar-refractivity contribution is 0.0994. The molecule has 2 aliphatic rings. The number of fused-ring (bicyclic) bond motifs is 1. The van der Waals surface area contributed by atoms with Crippen LogP contribution < -0.4 is 0 Å². The van der Waals surface area contributed by atoms with Crippen molar-refractivity contribution in [2.45, 2.75) is 32.2 Å². The number of nitrogens with zero attached hydrogens (tertiary/aromatic N) is 2. The van der Waals surface area contributed by atoms with Gasteiger partial charge in [0.05, 0.1) is 6.20 Å². The van der Waals surface area contributed by atoms with Gasteiger partial charge in [0.2, 0.25) is 0 Å². The molecule has 0 unspecified atom stereocenters. The van der Waals surface area contributed by atoms with E-state index in [-0.39, 0.29) is 5.78 Å². The molecule has 3 nitrogen and oxygen atoms in total. The monoisotopic (exact) mass is 252 g/mol. The minimum absolute atomic E-state index is 0.283. The largest absolute Gasteiger partial charge is 0.294 e. The van der Waals surface area contributed by atoms with Crippen LogP contribution in [0.1, 0.15) is 35.2 Å². The van der Waals surface area contributed by atoms with E-state index in [4.69, 9.17) is 0 Å². The first-order valence-electron chi connectivity index (χ1n) is 6.98. The Morgan fingerprint density at radius 3 is 2.95 bits per heavy atom. The quantitative estimate of drug-likeness (QED) is 0.841. The Kier molecular flexibility index (Phi) is 2.34. The zero-order chi connectivity index (χ0) is 12.8. The summed E-state index contributed by atoms with van der Waals surface area (Å²) in [5.74, 6) is 1.12. The molecule has 0 radical (unpaired) electrons. The molecule has 0 aliphatic heterocycles.